The maximum absolute atomic E-state index is 2.50. The number of hydrogen-bond acceptors (Lipinski definition) is 1. The van der Waals surface area contributed by atoms with Gasteiger partial charge >= 0.3 is 0 Å². The van der Waals surface area contributed by atoms with E-state index in [0.717, 1.165) is 0 Å². The quantitative estimate of drug-likeness (QED) is 0.323. The Kier molecular flexibility index (Phi) is 2.62. The van der Waals surface area contributed by atoms with Gasteiger partial charge in [0.1, 0.15) is 0 Å². The number of hydrogen-bond donors (Lipinski definition) is 0. The van der Waals surface area contributed by atoms with Gasteiger partial charge in [0, 0.05) is 37.8 Å². The molecule has 0 radical (unpaired) electrons. The SMILES string of the molecule is CC(C)n1c2ccccc2c2ccc3c4ccccc4sc3c21. The Morgan fingerprint density at radius 3 is 2.26 bits per heavy atom. The van der Waals surface area contributed by atoms with Crippen LogP contribution in [-0.2, 0) is 0 Å². The van der Waals surface area contributed by atoms with Crippen molar-refractivity contribution in [2.75, 3.05) is 0 Å². The molecule has 0 unspecified atom stereocenters. The van der Waals surface area contributed by atoms with E-state index >= 15 is 0 Å². The van der Waals surface area contributed by atoms with Crippen LogP contribution in [0.3, 0.4) is 0 Å². The molecule has 2 heteroatoms. The molecule has 2 aromatic heterocycles. The average molecular weight is 315 g/mol. The first kappa shape index (κ1) is 13.1. The molecule has 0 N–H and O–H groups in total. The van der Waals surface area contributed by atoms with E-state index in [-0.39, 0.29) is 0 Å². The van der Waals surface area contributed by atoms with Crippen LogP contribution in [0.5, 0.6) is 0 Å². The zero-order valence-electron chi connectivity index (χ0n) is 13.2. The van der Waals surface area contributed by atoms with Gasteiger partial charge in [-0.1, -0.05) is 48.5 Å². The highest BCUT2D eigenvalue weighted by Gasteiger charge is 2.17. The molecule has 0 saturated heterocycles. The molecule has 23 heavy (non-hydrogen) atoms. The molecule has 3 aromatic carbocycles. The second kappa shape index (κ2) is 4.59. The van der Waals surface area contributed by atoms with E-state index in [0.29, 0.717) is 6.04 Å². The number of para-hydroxylation sites is 1. The summed E-state index contributed by atoms with van der Waals surface area (Å²) in [4.78, 5) is 0. The van der Waals surface area contributed by atoms with Crippen LogP contribution in [-0.4, -0.2) is 4.57 Å². The summed E-state index contributed by atoms with van der Waals surface area (Å²) in [7, 11) is 0. The standard InChI is InChI=1S/C21H17NS/c1-13(2)22-18-9-5-3-7-14(18)16-11-12-17-15-8-4-6-10-19(15)23-21(17)20(16)22/h3-13H,1-2H3. The molecule has 5 aromatic rings. The predicted molar refractivity (Wildman–Crippen MR) is 103 cm³/mol. The van der Waals surface area contributed by atoms with E-state index in [9.17, 15) is 0 Å². The van der Waals surface area contributed by atoms with Crippen molar-refractivity contribution in [1.82, 2.24) is 4.57 Å². The summed E-state index contributed by atoms with van der Waals surface area (Å²) in [6, 6.07) is 22.5. The van der Waals surface area contributed by atoms with Gasteiger partial charge in [-0.15, -0.1) is 11.3 Å². The highest BCUT2D eigenvalue weighted by atomic mass is 32.1. The molecule has 0 aliphatic carbocycles. The minimum Gasteiger partial charge on any atom is -0.337 e. The fraction of sp³-hybridized carbons (Fsp3) is 0.143. The highest BCUT2D eigenvalue weighted by Crippen LogP contribution is 2.42. The van der Waals surface area contributed by atoms with Crippen LogP contribution in [0.2, 0.25) is 0 Å². The molecular weight excluding hydrogens is 298 g/mol. The topological polar surface area (TPSA) is 4.93 Å². The third-order valence-electron chi connectivity index (χ3n) is 4.73. The first-order valence-corrected chi connectivity index (χ1v) is 8.90. The first-order chi connectivity index (χ1) is 11.3. The Morgan fingerprint density at radius 1 is 0.739 bits per heavy atom. The molecule has 112 valence electrons. The highest BCUT2D eigenvalue weighted by molar-refractivity contribution is 7.26. The van der Waals surface area contributed by atoms with Gasteiger partial charge in [-0.3, -0.25) is 0 Å². The zero-order chi connectivity index (χ0) is 15.6. The number of nitrogens with zero attached hydrogens (tertiary/aromatic N) is 1. The first-order valence-electron chi connectivity index (χ1n) is 8.08. The molecule has 2 heterocycles. The Hall–Kier alpha value is -2.32. The normalized spacial score (nSPS) is 12.3. The summed E-state index contributed by atoms with van der Waals surface area (Å²) in [5.74, 6) is 0. The molecule has 0 atom stereocenters. The zero-order valence-corrected chi connectivity index (χ0v) is 14.0. The molecular formula is C21H17NS. The van der Waals surface area contributed by atoms with Crippen LogP contribution in [0.15, 0.2) is 60.7 Å². The number of benzene rings is 3. The van der Waals surface area contributed by atoms with Crippen molar-refractivity contribution in [3.8, 4) is 0 Å². The number of rotatable bonds is 1. The van der Waals surface area contributed by atoms with Crippen LogP contribution in [0.1, 0.15) is 19.9 Å². The monoisotopic (exact) mass is 315 g/mol. The molecule has 0 spiro atoms. The van der Waals surface area contributed by atoms with Crippen molar-refractivity contribution < 1.29 is 0 Å². The number of aromatic nitrogens is 1. The summed E-state index contributed by atoms with van der Waals surface area (Å²) in [6.45, 7) is 4.55. The van der Waals surface area contributed by atoms with Crippen LogP contribution in [0.4, 0.5) is 0 Å². The predicted octanol–water partition coefficient (Wildman–Crippen LogP) is 6.74. The fourth-order valence-electron chi connectivity index (χ4n) is 3.80. The maximum Gasteiger partial charge on any atom is 0.0675 e. The molecule has 0 bridgehead atoms. The van der Waals surface area contributed by atoms with Gasteiger partial charge in [-0.05, 0) is 26.0 Å². The van der Waals surface area contributed by atoms with Crippen molar-refractivity contribution in [3.63, 3.8) is 0 Å². The maximum atomic E-state index is 2.50. The van der Waals surface area contributed by atoms with E-state index in [1.807, 2.05) is 11.3 Å². The molecule has 1 nitrogen and oxygen atoms in total. The van der Waals surface area contributed by atoms with Crippen molar-refractivity contribution in [3.05, 3.63) is 60.7 Å². The van der Waals surface area contributed by atoms with Gasteiger partial charge in [-0.25, -0.2) is 0 Å². The van der Waals surface area contributed by atoms with Gasteiger partial charge in [0.05, 0.1) is 10.2 Å². The van der Waals surface area contributed by atoms with Crippen molar-refractivity contribution in [2.24, 2.45) is 0 Å². The lowest BCUT2D eigenvalue weighted by Gasteiger charge is -2.11. The van der Waals surface area contributed by atoms with Gasteiger partial charge < -0.3 is 4.57 Å². The van der Waals surface area contributed by atoms with Crippen LogP contribution in [0.25, 0.3) is 42.0 Å². The van der Waals surface area contributed by atoms with Gasteiger partial charge in [0.25, 0.3) is 0 Å². The minimum atomic E-state index is 0.438. The minimum absolute atomic E-state index is 0.438. The van der Waals surface area contributed by atoms with E-state index < -0.39 is 0 Å². The lowest BCUT2D eigenvalue weighted by molar-refractivity contribution is 0.644. The van der Waals surface area contributed by atoms with E-state index in [1.165, 1.54) is 42.0 Å². The van der Waals surface area contributed by atoms with E-state index in [4.69, 9.17) is 0 Å². The Morgan fingerprint density at radius 2 is 1.43 bits per heavy atom. The Bertz CT molecular complexity index is 1190. The summed E-state index contributed by atoms with van der Waals surface area (Å²) >= 11 is 1.92. The molecule has 0 aliphatic heterocycles. The second-order valence-electron chi connectivity index (χ2n) is 6.42. The fourth-order valence-corrected chi connectivity index (χ4v) is 5.05. The van der Waals surface area contributed by atoms with Gasteiger partial charge in [0.2, 0.25) is 0 Å². The molecule has 0 aliphatic rings. The molecule has 0 saturated carbocycles. The third kappa shape index (κ3) is 1.67. The lowest BCUT2D eigenvalue weighted by Crippen LogP contribution is -1.99. The van der Waals surface area contributed by atoms with Gasteiger partial charge in [0.15, 0.2) is 0 Å². The summed E-state index contributed by atoms with van der Waals surface area (Å²) in [6.07, 6.45) is 0. The smallest absolute Gasteiger partial charge is 0.0675 e. The van der Waals surface area contributed by atoms with Crippen LogP contribution < -0.4 is 0 Å². The second-order valence-corrected chi connectivity index (χ2v) is 7.47. The van der Waals surface area contributed by atoms with E-state index in [2.05, 4.69) is 79.1 Å². The largest absolute Gasteiger partial charge is 0.337 e. The molecule has 0 amide bonds. The van der Waals surface area contributed by atoms with Crippen molar-refractivity contribution >= 4 is 53.3 Å². The third-order valence-corrected chi connectivity index (χ3v) is 5.93. The number of fused-ring (bicyclic) bond motifs is 7. The number of thiophene rings is 1. The van der Waals surface area contributed by atoms with Gasteiger partial charge in [-0.2, -0.15) is 0 Å². The van der Waals surface area contributed by atoms with E-state index in [1.54, 1.807) is 0 Å². The van der Waals surface area contributed by atoms with Crippen LogP contribution in [0, 0.1) is 0 Å². The Balaban J connectivity index is 2.12. The lowest BCUT2D eigenvalue weighted by atomic mass is 10.1. The van der Waals surface area contributed by atoms with Crippen molar-refractivity contribution in [2.45, 2.75) is 19.9 Å². The molecule has 5 rings (SSSR count). The summed E-state index contributed by atoms with van der Waals surface area (Å²) < 4.78 is 5.28. The molecule has 0 fully saturated rings. The summed E-state index contributed by atoms with van der Waals surface area (Å²) in [5.41, 5.74) is 2.72. The van der Waals surface area contributed by atoms with Crippen molar-refractivity contribution in [1.29, 1.82) is 0 Å². The average Bonchev–Trinajstić information content (AvgIpc) is 3.10. The summed E-state index contributed by atoms with van der Waals surface area (Å²) in [5, 5.41) is 5.47. The van der Waals surface area contributed by atoms with Crippen LogP contribution >= 0.6 is 11.3 Å². The Labute approximate surface area is 138 Å².